The molecule has 0 fully saturated rings. The van der Waals surface area contributed by atoms with Crippen molar-refractivity contribution in [3.05, 3.63) is 6.20 Å². The summed E-state index contributed by atoms with van der Waals surface area (Å²) in [5.41, 5.74) is 5.26. The fourth-order valence-electron chi connectivity index (χ4n) is 1.06. The SMILES string of the molecule is CC.COc1nn(CC(C)(C)O)cc1N. The monoisotopic (exact) mass is 215 g/mol. The Labute approximate surface area is 90.8 Å². The molecular weight excluding hydrogens is 194 g/mol. The highest BCUT2D eigenvalue weighted by atomic mass is 16.5. The summed E-state index contributed by atoms with van der Waals surface area (Å²) in [4.78, 5) is 0. The average Bonchev–Trinajstić information content (AvgIpc) is 2.46. The van der Waals surface area contributed by atoms with E-state index in [4.69, 9.17) is 10.5 Å². The van der Waals surface area contributed by atoms with Crippen LogP contribution in [0.1, 0.15) is 27.7 Å². The third kappa shape index (κ3) is 4.69. The smallest absolute Gasteiger partial charge is 0.256 e. The van der Waals surface area contributed by atoms with Crippen molar-refractivity contribution in [2.75, 3.05) is 12.8 Å². The molecular formula is C10H21N3O2. The van der Waals surface area contributed by atoms with Gasteiger partial charge in [-0.1, -0.05) is 13.8 Å². The second kappa shape index (κ2) is 5.60. The molecule has 0 aromatic carbocycles. The molecule has 1 aromatic rings. The molecule has 0 saturated heterocycles. The highest BCUT2D eigenvalue weighted by Crippen LogP contribution is 2.18. The van der Waals surface area contributed by atoms with Gasteiger partial charge < -0.3 is 15.6 Å². The van der Waals surface area contributed by atoms with Crippen molar-refractivity contribution in [3.63, 3.8) is 0 Å². The molecule has 0 spiro atoms. The van der Waals surface area contributed by atoms with Crippen LogP contribution in [0.4, 0.5) is 5.69 Å². The zero-order chi connectivity index (χ0) is 12.1. The van der Waals surface area contributed by atoms with Crippen LogP contribution in [-0.4, -0.2) is 27.6 Å². The number of ether oxygens (including phenoxy) is 1. The summed E-state index contributed by atoms with van der Waals surface area (Å²) in [6.45, 7) is 7.80. The minimum absolute atomic E-state index is 0.389. The average molecular weight is 215 g/mol. The molecule has 0 aliphatic rings. The van der Waals surface area contributed by atoms with Crippen LogP contribution < -0.4 is 10.5 Å². The Morgan fingerprint density at radius 3 is 2.40 bits per heavy atom. The lowest BCUT2D eigenvalue weighted by atomic mass is 10.1. The molecule has 0 radical (unpaired) electrons. The molecule has 1 aromatic heterocycles. The lowest BCUT2D eigenvalue weighted by Crippen LogP contribution is -2.26. The molecule has 0 aliphatic carbocycles. The number of nitrogens with zero attached hydrogens (tertiary/aromatic N) is 2. The number of nitrogen functional groups attached to an aromatic ring is 1. The predicted octanol–water partition coefficient (Wildman–Crippen LogP) is 1.27. The Morgan fingerprint density at radius 2 is 2.07 bits per heavy atom. The second-order valence-electron chi connectivity index (χ2n) is 3.60. The Bertz CT molecular complexity index is 289. The Morgan fingerprint density at radius 1 is 1.53 bits per heavy atom. The number of hydrogen-bond donors (Lipinski definition) is 2. The number of nitrogens with two attached hydrogens (primary N) is 1. The summed E-state index contributed by atoms with van der Waals surface area (Å²) >= 11 is 0. The van der Waals surface area contributed by atoms with Gasteiger partial charge in [0.1, 0.15) is 5.69 Å². The van der Waals surface area contributed by atoms with E-state index >= 15 is 0 Å². The van der Waals surface area contributed by atoms with E-state index < -0.39 is 5.60 Å². The first-order valence-corrected chi connectivity index (χ1v) is 5.01. The summed E-state index contributed by atoms with van der Waals surface area (Å²) in [5.74, 6) is 0.393. The van der Waals surface area contributed by atoms with E-state index in [0.717, 1.165) is 0 Å². The van der Waals surface area contributed by atoms with Crippen LogP contribution in [0.25, 0.3) is 0 Å². The molecule has 5 heteroatoms. The van der Waals surface area contributed by atoms with Crippen LogP contribution >= 0.6 is 0 Å². The first kappa shape index (κ1) is 13.8. The van der Waals surface area contributed by atoms with Crippen molar-refractivity contribution in [2.24, 2.45) is 0 Å². The largest absolute Gasteiger partial charge is 0.478 e. The molecule has 0 unspecified atom stereocenters. The van der Waals surface area contributed by atoms with Crippen molar-refractivity contribution in [1.29, 1.82) is 0 Å². The molecule has 0 bridgehead atoms. The van der Waals surface area contributed by atoms with Crippen molar-refractivity contribution < 1.29 is 9.84 Å². The maximum Gasteiger partial charge on any atom is 0.256 e. The zero-order valence-corrected chi connectivity index (χ0v) is 10.1. The molecule has 88 valence electrons. The Kier molecular flexibility index (Phi) is 5.14. The zero-order valence-electron chi connectivity index (χ0n) is 10.1. The molecule has 0 amide bonds. The summed E-state index contributed by atoms with van der Waals surface area (Å²) in [5, 5.41) is 13.5. The molecule has 15 heavy (non-hydrogen) atoms. The van der Waals surface area contributed by atoms with Crippen molar-refractivity contribution >= 4 is 5.69 Å². The Balaban J connectivity index is 0.000000921. The van der Waals surface area contributed by atoms with Gasteiger partial charge in [-0.05, 0) is 13.8 Å². The topological polar surface area (TPSA) is 73.3 Å². The van der Waals surface area contributed by atoms with Crippen LogP contribution in [-0.2, 0) is 6.54 Å². The summed E-state index contributed by atoms with van der Waals surface area (Å²) in [6, 6.07) is 0. The summed E-state index contributed by atoms with van der Waals surface area (Å²) in [7, 11) is 1.51. The van der Waals surface area contributed by atoms with Gasteiger partial charge in [-0.15, -0.1) is 5.10 Å². The number of hydrogen-bond acceptors (Lipinski definition) is 4. The van der Waals surface area contributed by atoms with E-state index in [0.29, 0.717) is 18.1 Å². The lowest BCUT2D eigenvalue weighted by molar-refractivity contribution is 0.0574. The van der Waals surface area contributed by atoms with Crippen molar-refractivity contribution in [1.82, 2.24) is 9.78 Å². The van der Waals surface area contributed by atoms with Gasteiger partial charge in [0, 0.05) is 0 Å². The third-order valence-corrected chi connectivity index (χ3v) is 1.50. The summed E-state index contributed by atoms with van der Waals surface area (Å²) < 4.78 is 6.47. The molecule has 0 atom stereocenters. The fourth-order valence-corrected chi connectivity index (χ4v) is 1.06. The molecule has 1 heterocycles. The van der Waals surface area contributed by atoms with E-state index in [1.807, 2.05) is 13.8 Å². The normalized spacial score (nSPS) is 10.5. The third-order valence-electron chi connectivity index (χ3n) is 1.50. The molecule has 5 nitrogen and oxygen atoms in total. The quantitative estimate of drug-likeness (QED) is 0.796. The minimum atomic E-state index is -0.802. The fraction of sp³-hybridized carbons (Fsp3) is 0.700. The summed E-state index contributed by atoms with van der Waals surface area (Å²) in [6.07, 6.45) is 1.64. The number of aromatic nitrogens is 2. The maximum absolute atomic E-state index is 9.50. The van der Waals surface area contributed by atoms with Crippen LogP contribution in [0.5, 0.6) is 5.88 Å². The van der Waals surface area contributed by atoms with Crippen molar-refractivity contribution in [3.8, 4) is 5.88 Å². The molecule has 1 rings (SSSR count). The van der Waals surface area contributed by atoms with Gasteiger partial charge in [-0.2, -0.15) is 0 Å². The second-order valence-corrected chi connectivity index (χ2v) is 3.60. The number of anilines is 1. The van der Waals surface area contributed by atoms with Gasteiger partial charge in [0.05, 0.1) is 25.5 Å². The first-order valence-electron chi connectivity index (χ1n) is 5.01. The van der Waals surface area contributed by atoms with Gasteiger partial charge in [0.15, 0.2) is 0 Å². The number of aliphatic hydroxyl groups is 1. The van der Waals surface area contributed by atoms with E-state index in [9.17, 15) is 5.11 Å². The molecule has 0 saturated carbocycles. The van der Waals surface area contributed by atoms with Crippen LogP contribution in [0.2, 0.25) is 0 Å². The van der Waals surface area contributed by atoms with Crippen LogP contribution in [0.15, 0.2) is 6.20 Å². The van der Waals surface area contributed by atoms with Gasteiger partial charge in [-0.3, -0.25) is 4.68 Å². The van der Waals surface area contributed by atoms with Crippen LogP contribution in [0, 0.1) is 0 Å². The first-order chi connectivity index (χ1) is 6.92. The minimum Gasteiger partial charge on any atom is -0.478 e. The standard InChI is InChI=1S/C8H15N3O2.C2H6/c1-8(2,12)5-11-4-6(9)7(10-11)13-3;1-2/h4,12H,5,9H2,1-3H3;1-2H3. The van der Waals surface area contributed by atoms with E-state index in [2.05, 4.69) is 5.10 Å². The van der Waals surface area contributed by atoms with Gasteiger partial charge in [-0.25, -0.2) is 0 Å². The highest BCUT2D eigenvalue weighted by molar-refractivity contribution is 5.45. The van der Waals surface area contributed by atoms with E-state index in [-0.39, 0.29) is 0 Å². The van der Waals surface area contributed by atoms with Gasteiger partial charge >= 0.3 is 0 Å². The van der Waals surface area contributed by atoms with Gasteiger partial charge in [0.2, 0.25) is 0 Å². The lowest BCUT2D eigenvalue weighted by Gasteiger charge is -2.16. The molecule has 3 N–H and O–H groups in total. The number of methoxy groups -OCH3 is 1. The Hall–Kier alpha value is -1.23. The van der Waals surface area contributed by atoms with Crippen LogP contribution in [0.3, 0.4) is 0 Å². The maximum atomic E-state index is 9.50. The predicted molar refractivity (Wildman–Crippen MR) is 60.8 cm³/mol. The van der Waals surface area contributed by atoms with Crippen molar-refractivity contribution in [2.45, 2.75) is 39.8 Å². The molecule has 0 aliphatic heterocycles. The number of rotatable bonds is 3. The van der Waals surface area contributed by atoms with E-state index in [1.165, 1.54) is 7.11 Å². The highest BCUT2D eigenvalue weighted by Gasteiger charge is 2.15. The van der Waals surface area contributed by atoms with Gasteiger partial charge in [0.25, 0.3) is 5.88 Å². The van der Waals surface area contributed by atoms with E-state index in [1.54, 1.807) is 24.7 Å².